The van der Waals surface area contributed by atoms with E-state index in [4.69, 9.17) is 9.47 Å². The molecule has 0 aliphatic carbocycles. The van der Waals surface area contributed by atoms with Crippen LogP contribution in [0.2, 0.25) is 0 Å². The number of ether oxygens (including phenoxy) is 2. The number of anilines is 4. The van der Waals surface area contributed by atoms with E-state index in [1.807, 2.05) is 91.0 Å². The lowest BCUT2D eigenvalue weighted by atomic mass is 10.0. The number of hydrogen-bond donors (Lipinski definition) is 1. The van der Waals surface area contributed by atoms with E-state index in [2.05, 4.69) is 22.1 Å². The largest absolute Gasteiger partial charge is 0.453 e. The van der Waals surface area contributed by atoms with Gasteiger partial charge in [0.25, 0.3) is 0 Å². The van der Waals surface area contributed by atoms with Gasteiger partial charge in [-0.1, -0.05) is 91.6 Å². The van der Waals surface area contributed by atoms with Gasteiger partial charge in [-0.15, -0.1) is 0 Å². The summed E-state index contributed by atoms with van der Waals surface area (Å²) >= 11 is 0. The number of esters is 1. The minimum Gasteiger partial charge on any atom is -0.453 e. The van der Waals surface area contributed by atoms with Crippen molar-refractivity contribution in [2.45, 2.75) is 13.3 Å². The van der Waals surface area contributed by atoms with Gasteiger partial charge in [0, 0.05) is 23.2 Å². The Morgan fingerprint density at radius 1 is 0.767 bits per heavy atom. The molecule has 0 aromatic heterocycles. The number of carbonyl (C=O) groups excluding carboxylic acids is 2. The Bertz CT molecular complexity index is 1830. The fraction of sp³-hybridized carbons (Fsp3) is 0.0811. The maximum absolute atomic E-state index is 13.4. The molecule has 43 heavy (non-hydrogen) atoms. The first-order valence-electron chi connectivity index (χ1n) is 14.0. The molecule has 0 fully saturated rings. The van der Waals surface area contributed by atoms with Crippen LogP contribution in [0.15, 0.2) is 121 Å². The Labute approximate surface area is 250 Å². The lowest BCUT2D eigenvalue weighted by molar-refractivity contribution is -0.133. The van der Waals surface area contributed by atoms with Crippen molar-refractivity contribution < 1.29 is 19.1 Å². The molecule has 1 N–H and O–H groups in total. The van der Waals surface area contributed by atoms with Crippen molar-refractivity contribution in [1.29, 1.82) is 0 Å². The van der Waals surface area contributed by atoms with Crippen molar-refractivity contribution in [3.8, 4) is 29.1 Å². The average Bonchev–Trinajstić information content (AvgIpc) is 3.06. The number of nitrogens with zero attached hydrogens (tertiary/aromatic N) is 1. The fourth-order valence-electron chi connectivity index (χ4n) is 4.88. The van der Waals surface area contributed by atoms with Gasteiger partial charge in [0.1, 0.15) is 0 Å². The number of hydrogen-bond acceptors (Lipinski definition) is 6. The summed E-state index contributed by atoms with van der Waals surface area (Å²) in [7, 11) is 0. The third-order valence-electron chi connectivity index (χ3n) is 7.00. The minimum absolute atomic E-state index is 0.121. The Balaban J connectivity index is 1.37. The summed E-state index contributed by atoms with van der Waals surface area (Å²) in [5.41, 5.74) is 4.63. The SMILES string of the molecule is CCC(=O)Oc1cccc(C#CCN2c3ccccc3Oc3ccccc32)c1Nc1ccccc1C(=O)c1ccccc1. The van der Waals surface area contributed by atoms with Crippen molar-refractivity contribution in [3.05, 3.63) is 138 Å². The van der Waals surface area contributed by atoms with Crippen LogP contribution in [0.25, 0.3) is 0 Å². The highest BCUT2D eigenvalue weighted by atomic mass is 16.5. The second-order valence-electron chi connectivity index (χ2n) is 9.80. The van der Waals surface area contributed by atoms with Crippen LogP contribution >= 0.6 is 0 Å². The Kier molecular flexibility index (Phi) is 7.88. The average molecular weight is 565 g/mol. The predicted octanol–water partition coefficient (Wildman–Crippen LogP) is 8.27. The second-order valence-corrected chi connectivity index (χ2v) is 9.80. The second kappa shape index (κ2) is 12.4. The van der Waals surface area contributed by atoms with E-state index in [-0.39, 0.29) is 18.2 Å². The zero-order chi connectivity index (χ0) is 29.6. The zero-order valence-corrected chi connectivity index (χ0v) is 23.5. The predicted molar refractivity (Wildman–Crippen MR) is 169 cm³/mol. The maximum atomic E-state index is 13.4. The highest BCUT2D eigenvalue weighted by Crippen LogP contribution is 2.46. The van der Waals surface area contributed by atoms with E-state index in [1.54, 1.807) is 37.3 Å². The molecule has 0 saturated heterocycles. The molecule has 1 aliphatic rings. The van der Waals surface area contributed by atoms with Crippen LogP contribution in [-0.2, 0) is 4.79 Å². The third-order valence-corrected chi connectivity index (χ3v) is 7.00. The first-order chi connectivity index (χ1) is 21.1. The molecule has 5 aromatic carbocycles. The summed E-state index contributed by atoms with van der Waals surface area (Å²) in [4.78, 5) is 27.9. The first kappa shape index (κ1) is 27.4. The molecule has 0 spiro atoms. The normalized spacial score (nSPS) is 11.2. The monoisotopic (exact) mass is 564 g/mol. The molecule has 0 bridgehead atoms. The third kappa shape index (κ3) is 5.83. The van der Waals surface area contributed by atoms with Crippen molar-refractivity contribution in [3.63, 3.8) is 0 Å². The van der Waals surface area contributed by atoms with Crippen molar-refractivity contribution >= 4 is 34.5 Å². The van der Waals surface area contributed by atoms with Gasteiger partial charge in [0.05, 0.1) is 29.2 Å². The van der Waals surface area contributed by atoms with Crippen LogP contribution in [0, 0.1) is 11.8 Å². The number of para-hydroxylation sites is 6. The van der Waals surface area contributed by atoms with Crippen molar-refractivity contribution in [2.24, 2.45) is 0 Å². The number of fused-ring (bicyclic) bond motifs is 2. The van der Waals surface area contributed by atoms with Crippen LogP contribution in [0.3, 0.4) is 0 Å². The number of nitrogens with one attached hydrogen (secondary N) is 1. The molecule has 5 aromatic rings. The quantitative estimate of drug-likeness (QED) is 0.0929. The van der Waals surface area contributed by atoms with Crippen LogP contribution in [-0.4, -0.2) is 18.3 Å². The van der Waals surface area contributed by atoms with E-state index in [1.165, 1.54) is 0 Å². The first-order valence-corrected chi connectivity index (χ1v) is 14.0. The molecular weight excluding hydrogens is 536 g/mol. The fourth-order valence-corrected chi connectivity index (χ4v) is 4.88. The van der Waals surface area contributed by atoms with E-state index < -0.39 is 0 Å². The maximum Gasteiger partial charge on any atom is 0.310 e. The van der Waals surface area contributed by atoms with Gasteiger partial charge in [-0.05, 0) is 48.5 Å². The summed E-state index contributed by atoms with van der Waals surface area (Å²) < 4.78 is 11.8. The summed E-state index contributed by atoms with van der Waals surface area (Å²) in [6, 6.07) is 37.5. The van der Waals surface area contributed by atoms with Gasteiger partial charge in [0.2, 0.25) is 0 Å². The van der Waals surface area contributed by atoms with Crippen LogP contribution in [0.4, 0.5) is 22.7 Å². The van der Waals surface area contributed by atoms with Crippen LogP contribution in [0.1, 0.15) is 34.8 Å². The molecule has 210 valence electrons. The molecular formula is C37H28N2O4. The van der Waals surface area contributed by atoms with Gasteiger partial charge < -0.3 is 19.7 Å². The molecule has 0 atom stereocenters. The molecule has 6 heteroatoms. The van der Waals surface area contributed by atoms with Gasteiger partial charge in [-0.25, -0.2) is 0 Å². The van der Waals surface area contributed by atoms with Gasteiger partial charge >= 0.3 is 5.97 Å². The topological polar surface area (TPSA) is 67.9 Å². The van der Waals surface area contributed by atoms with Gasteiger partial charge in [-0.3, -0.25) is 9.59 Å². The minimum atomic E-state index is -0.372. The highest BCUT2D eigenvalue weighted by molar-refractivity contribution is 6.12. The van der Waals surface area contributed by atoms with Crippen LogP contribution < -0.4 is 19.7 Å². The highest BCUT2D eigenvalue weighted by Gasteiger charge is 2.23. The number of ketones is 1. The smallest absolute Gasteiger partial charge is 0.310 e. The zero-order valence-electron chi connectivity index (χ0n) is 23.5. The molecule has 6 nitrogen and oxygen atoms in total. The Morgan fingerprint density at radius 3 is 2.14 bits per heavy atom. The summed E-state index contributed by atoms with van der Waals surface area (Å²) in [6.07, 6.45) is 0.217. The van der Waals surface area contributed by atoms with Gasteiger partial charge in [-0.2, -0.15) is 0 Å². The molecule has 1 aliphatic heterocycles. The molecule has 0 amide bonds. The van der Waals surface area contributed by atoms with Gasteiger partial charge in [0.15, 0.2) is 23.0 Å². The molecule has 1 heterocycles. The van der Waals surface area contributed by atoms with Crippen molar-refractivity contribution in [1.82, 2.24) is 0 Å². The standard InChI is InChI=1S/C37H28N2O4/c1-2-35(40)43-34-24-12-16-26(36(34)38-29-19-7-6-18-28(29)37(41)27-14-4-3-5-15-27)17-13-25-39-30-20-8-10-22-32(30)42-33-23-11-9-21-31(33)39/h3-12,14-16,18-24,38H,2,25H2,1H3. The lowest BCUT2D eigenvalue weighted by Gasteiger charge is -2.31. The van der Waals surface area contributed by atoms with E-state index in [9.17, 15) is 9.59 Å². The number of rotatable bonds is 7. The summed E-state index contributed by atoms with van der Waals surface area (Å²) in [5.74, 6) is 7.96. The van der Waals surface area contributed by atoms with Crippen molar-refractivity contribution in [2.75, 3.05) is 16.8 Å². The summed E-state index contributed by atoms with van der Waals surface area (Å²) in [5, 5.41) is 3.38. The Hall–Kier alpha value is -5.80. The van der Waals surface area contributed by atoms with E-state index in [0.29, 0.717) is 40.4 Å². The van der Waals surface area contributed by atoms with Crippen LogP contribution in [0.5, 0.6) is 17.2 Å². The lowest BCUT2D eigenvalue weighted by Crippen LogP contribution is -2.21. The molecule has 0 saturated carbocycles. The molecule has 6 rings (SSSR count). The number of carbonyl (C=O) groups is 2. The van der Waals surface area contributed by atoms with E-state index in [0.717, 1.165) is 22.9 Å². The molecule has 0 unspecified atom stereocenters. The molecule has 0 radical (unpaired) electrons. The van der Waals surface area contributed by atoms with E-state index >= 15 is 0 Å². The summed E-state index contributed by atoms with van der Waals surface area (Å²) in [6.45, 7) is 2.13. The Morgan fingerprint density at radius 2 is 1.42 bits per heavy atom. The number of benzene rings is 5.